The van der Waals surface area contributed by atoms with Crippen LogP contribution in [0.15, 0.2) is 0 Å². The first kappa shape index (κ1) is 19.1. The van der Waals surface area contributed by atoms with Gasteiger partial charge in [0.1, 0.15) is 0 Å². The van der Waals surface area contributed by atoms with E-state index >= 15 is 0 Å². The van der Waals surface area contributed by atoms with Gasteiger partial charge in [0.15, 0.2) is 0 Å². The maximum atomic E-state index is 13.8. The average Bonchev–Trinajstić information content (AvgIpc) is 2.57. The summed E-state index contributed by atoms with van der Waals surface area (Å²) in [6.45, 7) is 2.05. The zero-order valence-electron chi connectivity index (χ0n) is 15.9. The van der Waals surface area contributed by atoms with Gasteiger partial charge in [-0.3, -0.25) is 14.5 Å². The van der Waals surface area contributed by atoms with Crippen molar-refractivity contribution in [3.05, 3.63) is 0 Å². The molecule has 4 saturated carbocycles. The lowest BCUT2D eigenvalue weighted by atomic mass is 9.48. The highest BCUT2D eigenvalue weighted by Crippen LogP contribution is 2.60. The zero-order valence-corrected chi connectivity index (χ0v) is 15.9. The maximum absolute atomic E-state index is 13.8. The van der Waals surface area contributed by atoms with Crippen molar-refractivity contribution < 1.29 is 23.5 Å². The predicted molar refractivity (Wildman–Crippen MR) is 95.4 cm³/mol. The molecule has 5 fully saturated rings. The van der Waals surface area contributed by atoms with Gasteiger partial charge in [0.05, 0.1) is 18.0 Å². The highest BCUT2D eigenvalue weighted by Gasteiger charge is 2.59. The van der Waals surface area contributed by atoms with Crippen LogP contribution in [0.5, 0.6) is 0 Å². The number of rotatable bonds is 5. The quantitative estimate of drug-likeness (QED) is 0.765. The molecule has 4 aliphatic carbocycles. The molecule has 1 amide bonds. The van der Waals surface area contributed by atoms with Gasteiger partial charge in [0.2, 0.25) is 5.91 Å². The summed E-state index contributed by atoms with van der Waals surface area (Å²) in [5.74, 6) is -2.70. The summed E-state index contributed by atoms with van der Waals surface area (Å²) in [5, 5.41) is 12.9. The Hall–Kier alpha value is -1.24. The Morgan fingerprint density at radius 3 is 2.44 bits per heavy atom. The fourth-order valence-electron chi connectivity index (χ4n) is 6.65. The van der Waals surface area contributed by atoms with Crippen LogP contribution >= 0.6 is 0 Å². The predicted octanol–water partition coefficient (Wildman–Crippen LogP) is 2.89. The molecule has 0 radical (unpaired) electrons. The van der Waals surface area contributed by atoms with E-state index < -0.39 is 23.3 Å². The summed E-state index contributed by atoms with van der Waals surface area (Å²) in [6, 6.07) is -0.525. The monoisotopic (exact) mass is 384 g/mol. The molecule has 5 aliphatic rings. The second-order valence-corrected chi connectivity index (χ2v) is 9.44. The molecule has 5 nitrogen and oxygen atoms in total. The Balaban J connectivity index is 1.44. The molecule has 3 unspecified atom stereocenters. The lowest BCUT2D eigenvalue weighted by Crippen LogP contribution is -2.63. The summed E-state index contributed by atoms with van der Waals surface area (Å²) in [5.41, 5.74) is -0.600. The van der Waals surface area contributed by atoms with Crippen molar-refractivity contribution in [1.29, 1.82) is 0 Å². The molecule has 27 heavy (non-hydrogen) atoms. The molecule has 0 spiro atoms. The van der Waals surface area contributed by atoms with Crippen LogP contribution in [0, 0.1) is 23.2 Å². The minimum Gasteiger partial charge on any atom is -0.481 e. The van der Waals surface area contributed by atoms with E-state index in [4.69, 9.17) is 0 Å². The van der Waals surface area contributed by atoms with E-state index in [1.807, 2.05) is 6.92 Å². The summed E-state index contributed by atoms with van der Waals surface area (Å²) in [6.07, 6.45) is 4.82. The molecule has 0 aromatic rings. The number of halogens is 2. The third kappa shape index (κ3) is 3.36. The van der Waals surface area contributed by atoms with Crippen LogP contribution in [-0.4, -0.2) is 53.0 Å². The Morgan fingerprint density at radius 1 is 1.22 bits per heavy atom. The lowest BCUT2D eigenvalue weighted by Gasteiger charge is -2.58. The Morgan fingerprint density at radius 2 is 1.89 bits per heavy atom. The van der Waals surface area contributed by atoms with Crippen molar-refractivity contribution in [3.8, 4) is 0 Å². The number of aliphatic carboxylic acids is 1. The standard InChI is InChI=1S/C20H30F2N2O3/c1-2-15(24-5-3-4-20(21,22)11-24)17(25)23-16-13-6-12-7-14(16)10-19(8-12,9-13)18(26)27/h12-16H,2-11H2,1H3,(H,23,25)(H,26,27). The second-order valence-electron chi connectivity index (χ2n) is 9.44. The smallest absolute Gasteiger partial charge is 0.309 e. The first-order valence-electron chi connectivity index (χ1n) is 10.4. The summed E-state index contributed by atoms with van der Waals surface area (Å²) in [4.78, 5) is 26.4. The first-order chi connectivity index (χ1) is 12.7. The molecule has 1 heterocycles. The number of alkyl halides is 2. The number of nitrogens with one attached hydrogen (secondary N) is 1. The van der Waals surface area contributed by atoms with Crippen LogP contribution in [0.4, 0.5) is 8.78 Å². The molecule has 7 heteroatoms. The Kier molecular flexibility index (Phi) is 4.72. The number of carboxylic acid groups (broad SMARTS) is 1. The molecule has 4 bridgehead atoms. The second kappa shape index (κ2) is 6.68. The fraction of sp³-hybridized carbons (Fsp3) is 0.900. The summed E-state index contributed by atoms with van der Waals surface area (Å²) in [7, 11) is 0. The van der Waals surface area contributed by atoms with Crippen LogP contribution in [0.1, 0.15) is 58.3 Å². The van der Waals surface area contributed by atoms with E-state index in [1.54, 1.807) is 4.90 Å². The number of hydrogen-bond donors (Lipinski definition) is 2. The summed E-state index contributed by atoms with van der Waals surface area (Å²) >= 11 is 0. The number of piperidine rings is 1. The zero-order chi connectivity index (χ0) is 19.4. The van der Waals surface area contributed by atoms with Gasteiger partial charge in [-0.25, -0.2) is 8.78 Å². The van der Waals surface area contributed by atoms with Crippen LogP contribution in [0.25, 0.3) is 0 Å². The number of carbonyl (C=O) groups is 2. The van der Waals surface area contributed by atoms with Crippen LogP contribution in [-0.2, 0) is 9.59 Å². The van der Waals surface area contributed by atoms with E-state index in [0.717, 1.165) is 19.3 Å². The molecule has 0 aromatic carbocycles. The van der Waals surface area contributed by atoms with E-state index in [-0.39, 0.29) is 36.8 Å². The number of hydrogen-bond acceptors (Lipinski definition) is 3. The summed E-state index contributed by atoms with van der Waals surface area (Å²) < 4.78 is 27.6. The number of nitrogens with zero attached hydrogens (tertiary/aromatic N) is 1. The van der Waals surface area contributed by atoms with E-state index in [0.29, 0.717) is 38.1 Å². The van der Waals surface area contributed by atoms with Crippen LogP contribution in [0.2, 0.25) is 0 Å². The van der Waals surface area contributed by atoms with Gasteiger partial charge < -0.3 is 10.4 Å². The highest BCUT2D eigenvalue weighted by atomic mass is 19.3. The molecule has 1 saturated heterocycles. The van der Waals surface area contributed by atoms with E-state index in [9.17, 15) is 23.5 Å². The van der Waals surface area contributed by atoms with Crippen molar-refractivity contribution >= 4 is 11.9 Å². The fourth-order valence-corrected chi connectivity index (χ4v) is 6.65. The van der Waals surface area contributed by atoms with Gasteiger partial charge >= 0.3 is 5.97 Å². The molecular weight excluding hydrogens is 354 g/mol. The minimum atomic E-state index is -2.72. The van der Waals surface area contributed by atoms with Gasteiger partial charge in [-0.15, -0.1) is 0 Å². The number of carbonyl (C=O) groups excluding carboxylic acids is 1. The number of likely N-dealkylation sites (tertiary alicyclic amines) is 1. The normalized spacial score (nSPS) is 41.3. The SMILES string of the molecule is CCC(C(=O)NC1C2CC3CC1CC(C(=O)O)(C3)C2)N1CCCC(F)(F)C1. The first-order valence-corrected chi connectivity index (χ1v) is 10.4. The van der Waals surface area contributed by atoms with Gasteiger partial charge in [-0.05, 0) is 69.2 Å². The van der Waals surface area contributed by atoms with Crippen molar-refractivity contribution in [2.75, 3.05) is 13.1 Å². The minimum absolute atomic E-state index is 0.000811. The highest BCUT2D eigenvalue weighted by molar-refractivity contribution is 5.82. The van der Waals surface area contributed by atoms with Crippen LogP contribution < -0.4 is 5.32 Å². The molecule has 0 aromatic heterocycles. The van der Waals surface area contributed by atoms with E-state index in [2.05, 4.69) is 5.32 Å². The molecule has 2 N–H and O–H groups in total. The number of carboxylic acids is 1. The van der Waals surface area contributed by atoms with Crippen molar-refractivity contribution in [3.63, 3.8) is 0 Å². The average molecular weight is 384 g/mol. The molecular formula is C20H30F2N2O3. The van der Waals surface area contributed by atoms with Gasteiger partial charge in [-0.1, -0.05) is 6.92 Å². The topological polar surface area (TPSA) is 69.6 Å². The van der Waals surface area contributed by atoms with Gasteiger partial charge in [0, 0.05) is 12.5 Å². The maximum Gasteiger partial charge on any atom is 0.309 e. The van der Waals surface area contributed by atoms with Crippen LogP contribution in [0.3, 0.4) is 0 Å². The van der Waals surface area contributed by atoms with Crippen molar-refractivity contribution in [2.45, 2.75) is 76.3 Å². The lowest BCUT2D eigenvalue weighted by molar-refractivity contribution is -0.168. The molecule has 5 rings (SSSR count). The Bertz CT molecular complexity index is 610. The Labute approximate surface area is 158 Å². The number of amides is 1. The molecule has 3 atom stereocenters. The van der Waals surface area contributed by atoms with E-state index in [1.165, 1.54) is 0 Å². The third-order valence-electron chi connectivity index (χ3n) is 7.59. The largest absolute Gasteiger partial charge is 0.481 e. The molecule has 152 valence electrons. The van der Waals surface area contributed by atoms with Gasteiger partial charge in [-0.2, -0.15) is 0 Å². The van der Waals surface area contributed by atoms with Crippen molar-refractivity contribution in [1.82, 2.24) is 10.2 Å². The molecule has 1 aliphatic heterocycles. The van der Waals surface area contributed by atoms with Crippen molar-refractivity contribution in [2.24, 2.45) is 23.2 Å². The van der Waals surface area contributed by atoms with Gasteiger partial charge in [0.25, 0.3) is 5.92 Å². The third-order valence-corrected chi connectivity index (χ3v) is 7.59.